The van der Waals surface area contributed by atoms with Crippen LogP contribution in [-0.2, 0) is 11.3 Å². The van der Waals surface area contributed by atoms with Crippen LogP contribution in [0.15, 0.2) is 39.6 Å². The number of nitrogens with one attached hydrogen (secondary N) is 1. The van der Waals surface area contributed by atoms with E-state index >= 15 is 0 Å². The average molecular weight is 432 g/mol. The highest BCUT2D eigenvalue weighted by Crippen LogP contribution is 2.32. The first-order chi connectivity index (χ1) is 13.1. The number of phenols is 1. The Balaban J connectivity index is 1.82. The Bertz CT molecular complexity index is 1170. The molecule has 4 rings (SSSR count). The van der Waals surface area contributed by atoms with Crippen molar-refractivity contribution in [1.29, 1.82) is 0 Å². The number of nitrogens with zero attached hydrogens (tertiary/aromatic N) is 2. The first-order valence-electron chi connectivity index (χ1n) is 8.60. The van der Waals surface area contributed by atoms with E-state index in [9.17, 15) is 9.90 Å². The summed E-state index contributed by atoms with van der Waals surface area (Å²) in [6.45, 7) is 1.95. The lowest BCUT2D eigenvalue weighted by atomic mass is 10.1. The van der Waals surface area contributed by atoms with Gasteiger partial charge in [0.2, 0.25) is 5.43 Å². The van der Waals surface area contributed by atoms with Gasteiger partial charge in [-0.25, -0.2) is 4.52 Å². The summed E-state index contributed by atoms with van der Waals surface area (Å²) in [7, 11) is 0. The number of aromatic nitrogens is 2. The van der Waals surface area contributed by atoms with Crippen LogP contribution >= 0.6 is 15.9 Å². The van der Waals surface area contributed by atoms with Gasteiger partial charge >= 0.3 is 0 Å². The van der Waals surface area contributed by atoms with Crippen LogP contribution in [0.4, 0.5) is 0 Å². The molecule has 2 aromatic carbocycles. The number of ether oxygens (including phenoxy) is 1. The number of fused-ring (bicyclic) bond motifs is 2. The van der Waals surface area contributed by atoms with Crippen LogP contribution in [-0.4, -0.2) is 46.2 Å². The fourth-order valence-corrected chi connectivity index (χ4v) is 3.85. The number of hydrogen-bond donors (Lipinski definition) is 3. The highest BCUT2D eigenvalue weighted by atomic mass is 79.9. The molecule has 0 amide bonds. The molecule has 0 spiro atoms. The maximum Gasteiger partial charge on any atom is 0.202 e. The Morgan fingerprint density at radius 2 is 2.04 bits per heavy atom. The Morgan fingerprint density at radius 3 is 2.85 bits per heavy atom. The number of aromatic hydroxyl groups is 1. The lowest BCUT2D eigenvalue weighted by Gasteiger charge is -2.06. The standard InChI is InChI=1S/C19H18BrN3O4/c20-12-5-4-11-13(10-21-6-8-27-9-7-24)22-23-14-2-1-3-15(25)17(14)19(26)16(12)18(11)23/h1-5,21,24-25H,6-10H2. The molecule has 4 aromatic rings. The molecule has 0 aliphatic heterocycles. The second-order valence-corrected chi connectivity index (χ2v) is 7.04. The van der Waals surface area contributed by atoms with Gasteiger partial charge in [0, 0.05) is 22.9 Å². The molecule has 0 unspecified atom stereocenters. The SMILES string of the molecule is O=c1c2c(O)cccc2n2nc(CNCCOCCO)c3ccc(Br)c1c32. The molecule has 0 radical (unpaired) electrons. The Morgan fingerprint density at radius 1 is 1.19 bits per heavy atom. The Kier molecular flexibility index (Phi) is 4.96. The molecule has 0 saturated carbocycles. The van der Waals surface area contributed by atoms with Gasteiger partial charge in [-0.15, -0.1) is 0 Å². The van der Waals surface area contributed by atoms with Crippen molar-refractivity contribution in [2.45, 2.75) is 6.54 Å². The van der Waals surface area contributed by atoms with E-state index in [2.05, 4.69) is 21.2 Å². The van der Waals surface area contributed by atoms with Crippen LogP contribution in [0.25, 0.3) is 27.2 Å². The van der Waals surface area contributed by atoms with Gasteiger partial charge in [0.25, 0.3) is 0 Å². The summed E-state index contributed by atoms with van der Waals surface area (Å²) in [5.74, 6) is -0.0525. The van der Waals surface area contributed by atoms with E-state index in [1.165, 1.54) is 6.07 Å². The third-order valence-corrected chi connectivity index (χ3v) is 5.19. The summed E-state index contributed by atoms with van der Waals surface area (Å²) >= 11 is 3.46. The van der Waals surface area contributed by atoms with Crippen molar-refractivity contribution in [2.75, 3.05) is 26.4 Å². The summed E-state index contributed by atoms with van der Waals surface area (Å²) < 4.78 is 7.64. The molecule has 0 atom stereocenters. The quantitative estimate of drug-likeness (QED) is 0.306. The fraction of sp³-hybridized carbons (Fsp3) is 0.263. The molecule has 3 N–H and O–H groups in total. The van der Waals surface area contributed by atoms with Gasteiger partial charge in [0.1, 0.15) is 5.75 Å². The first kappa shape index (κ1) is 18.1. The number of aliphatic hydroxyl groups is 1. The molecule has 0 saturated heterocycles. The van der Waals surface area contributed by atoms with Gasteiger partial charge in [0.15, 0.2) is 0 Å². The second-order valence-electron chi connectivity index (χ2n) is 6.19. The molecule has 0 bridgehead atoms. The third kappa shape index (κ3) is 3.04. The number of halogens is 1. The molecular weight excluding hydrogens is 414 g/mol. The van der Waals surface area contributed by atoms with E-state index in [4.69, 9.17) is 14.9 Å². The van der Waals surface area contributed by atoms with E-state index in [0.29, 0.717) is 41.7 Å². The molecule has 27 heavy (non-hydrogen) atoms. The highest BCUT2D eigenvalue weighted by Gasteiger charge is 2.20. The summed E-state index contributed by atoms with van der Waals surface area (Å²) in [4.78, 5) is 13.0. The van der Waals surface area contributed by atoms with Crippen molar-refractivity contribution in [3.63, 3.8) is 0 Å². The number of phenolic OH excluding ortho intramolecular Hbond substituents is 1. The molecule has 8 heteroatoms. The van der Waals surface area contributed by atoms with Gasteiger partial charge in [-0.2, -0.15) is 5.10 Å². The van der Waals surface area contributed by atoms with Crippen LogP contribution in [0.2, 0.25) is 0 Å². The minimum atomic E-state index is -0.218. The lowest BCUT2D eigenvalue weighted by molar-refractivity contribution is 0.0937. The minimum Gasteiger partial charge on any atom is -0.507 e. The predicted molar refractivity (Wildman–Crippen MR) is 107 cm³/mol. The molecule has 0 fully saturated rings. The number of pyridine rings is 1. The zero-order chi connectivity index (χ0) is 19.0. The van der Waals surface area contributed by atoms with Crippen molar-refractivity contribution in [1.82, 2.24) is 14.9 Å². The van der Waals surface area contributed by atoms with Crippen molar-refractivity contribution in [2.24, 2.45) is 0 Å². The predicted octanol–water partition coefficient (Wildman–Crippen LogP) is 2.01. The minimum absolute atomic E-state index is 0.00693. The zero-order valence-electron chi connectivity index (χ0n) is 14.4. The van der Waals surface area contributed by atoms with E-state index in [1.807, 2.05) is 12.1 Å². The summed E-state index contributed by atoms with van der Waals surface area (Å²) in [6.07, 6.45) is 0. The van der Waals surface area contributed by atoms with Gasteiger partial charge in [-0.1, -0.05) is 6.07 Å². The summed E-state index contributed by atoms with van der Waals surface area (Å²) in [5, 5.41) is 28.6. The Hall–Kier alpha value is -2.26. The zero-order valence-corrected chi connectivity index (χ0v) is 16.0. The van der Waals surface area contributed by atoms with Crippen LogP contribution < -0.4 is 10.7 Å². The third-order valence-electron chi connectivity index (χ3n) is 4.52. The molecule has 140 valence electrons. The number of hydrogen-bond acceptors (Lipinski definition) is 6. The van der Waals surface area contributed by atoms with Crippen LogP contribution in [0.1, 0.15) is 5.69 Å². The van der Waals surface area contributed by atoms with Crippen LogP contribution in [0, 0.1) is 0 Å². The number of benzene rings is 2. The summed E-state index contributed by atoms with van der Waals surface area (Å²) in [6, 6.07) is 8.76. The highest BCUT2D eigenvalue weighted by molar-refractivity contribution is 9.10. The monoisotopic (exact) mass is 431 g/mol. The van der Waals surface area contributed by atoms with E-state index in [0.717, 1.165) is 16.6 Å². The largest absolute Gasteiger partial charge is 0.507 e. The molecule has 2 aromatic heterocycles. The van der Waals surface area contributed by atoms with Crippen molar-refractivity contribution >= 4 is 43.1 Å². The van der Waals surface area contributed by atoms with E-state index < -0.39 is 0 Å². The van der Waals surface area contributed by atoms with Gasteiger partial charge < -0.3 is 20.3 Å². The van der Waals surface area contributed by atoms with Gasteiger partial charge in [0.05, 0.1) is 47.3 Å². The van der Waals surface area contributed by atoms with Crippen molar-refractivity contribution < 1.29 is 14.9 Å². The maximum absolute atomic E-state index is 13.0. The fourth-order valence-electron chi connectivity index (χ4n) is 3.35. The maximum atomic E-state index is 13.0. The van der Waals surface area contributed by atoms with Crippen molar-refractivity contribution in [3.8, 4) is 5.75 Å². The van der Waals surface area contributed by atoms with E-state index in [1.54, 1.807) is 16.6 Å². The Labute approximate surface area is 162 Å². The summed E-state index contributed by atoms with van der Waals surface area (Å²) in [5.41, 5.74) is 1.91. The van der Waals surface area contributed by atoms with E-state index in [-0.39, 0.29) is 23.2 Å². The normalized spacial score (nSPS) is 11.9. The molecule has 0 aliphatic carbocycles. The molecule has 7 nitrogen and oxygen atoms in total. The lowest BCUT2D eigenvalue weighted by Crippen LogP contribution is -2.20. The van der Waals surface area contributed by atoms with Gasteiger partial charge in [-0.3, -0.25) is 4.79 Å². The van der Waals surface area contributed by atoms with Gasteiger partial charge in [-0.05, 0) is 40.2 Å². The first-order valence-corrected chi connectivity index (χ1v) is 9.39. The smallest absolute Gasteiger partial charge is 0.202 e. The molecule has 2 heterocycles. The van der Waals surface area contributed by atoms with Crippen molar-refractivity contribution in [3.05, 3.63) is 50.7 Å². The molecule has 0 aliphatic rings. The number of rotatable bonds is 7. The topological polar surface area (TPSA) is 96.1 Å². The van der Waals surface area contributed by atoms with Crippen LogP contribution in [0.5, 0.6) is 5.75 Å². The second kappa shape index (κ2) is 7.40. The molecular formula is C19H18BrN3O4. The number of aliphatic hydroxyl groups excluding tert-OH is 1. The van der Waals surface area contributed by atoms with Crippen LogP contribution in [0.3, 0.4) is 0 Å². The average Bonchev–Trinajstić information content (AvgIpc) is 3.02.